The largest absolute Gasteiger partial charge is 0.433 e. The molecule has 0 bridgehead atoms. The molecule has 5 nitrogen and oxygen atoms in total. The topological polar surface area (TPSA) is 59.3 Å². The average Bonchev–Trinajstić information content (AvgIpc) is 3.51. The summed E-state index contributed by atoms with van der Waals surface area (Å²) in [6.45, 7) is 6.23. The normalized spacial score (nSPS) is 13.7. The number of hydrogen-bond donors (Lipinski definition) is 1. The molecule has 2 atom stereocenters. The zero-order chi connectivity index (χ0) is 24.5. The van der Waals surface area contributed by atoms with Gasteiger partial charge >= 0.3 is 6.18 Å². The molecular weight excluding hydrogens is 461 g/mol. The summed E-state index contributed by atoms with van der Waals surface area (Å²) in [5.74, 6) is -0.106. The van der Waals surface area contributed by atoms with Crippen LogP contribution in [0.5, 0.6) is 0 Å². The number of halogens is 3. The van der Waals surface area contributed by atoms with Gasteiger partial charge in [-0.2, -0.15) is 18.3 Å². The predicted molar refractivity (Wildman–Crippen MR) is 127 cm³/mol. The van der Waals surface area contributed by atoms with Crippen LogP contribution in [0, 0.1) is 0 Å². The van der Waals surface area contributed by atoms with E-state index in [0.717, 1.165) is 18.1 Å². The fourth-order valence-electron chi connectivity index (χ4n) is 3.78. The minimum Gasteiger partial charge on any atom is -0.344 e. The number of rotatable bonds is 7. The van der Waals surface area contributed by atoms with Crippen molar-refractivity contribution in [2.24, 2.45) is 0 Å². The molecule has 1 N–H and O–H groups in total. The molecule has 2 unspecified atom stereocenters. The molecule has 4 aromatic rings. The van der Waals surface area contributed by atoms with E-state index in [4.69, 9.17) is 0 Å². The first-order valence-electron chi connectivity index (χ1n) is 11.1. The molecule has 0 saturated heterocycles. The number of benzene rings is 1. The quantitative estimate of drug-likeness (QED) is 0.310. The van der Waals surface area contributed by atoms with Crippen LogP contribution in [-0.2, 0) is 6.18 Å². The highest BCUT2D eigenvalue weighted by Crippen LogP contribution is 2.33. The first-order chi connectivity index (χ1) is 16.2. The SMILES string of the molecule is CCC(C)c1ccc(C(CC)NC(=O)c2cc3nc(-c4cccs4)cc(C(F)(F)F)n3n2)cc1. The van der Waals surface area contributed by atoms with E-state index in [0.29, 0.717) is 21.7 Å². The number of nitrogens with zero attached hydrogens (tertiary/aromatic N) is 3. The number of fused-ring (bicyclic) bond motifs is 1. The van der Waals surface area contributed by atoms with Gasteiger partial charge in [0.2, 0.25) is 0 Å². The lowest BCUT2D eigenvalue weighted by Gasteiger charge is -2.18. The minimum atomic E-state index is -4.66. The average molecular weight is 487 g/mol. The van der Waals surface area contributed by atoms with Gasteiger partial charge in [0.15, 0.2) is 17.0 Å². The highest BCUT2D eigenvalue weighted by Gasteiger charge is 2.36. The maximum atomic E-state index is 13.8. The summed E-state index contributed by atoms with van der Waals surface area (Å²) in [4.78, 5) is 17.9. The Hall–Kier alpha value is -3.20. The second-order valence-corrected chi connectivity index (χ2v) is 9.16. The molecule has 0 spiro atoms. The maximum Gasteiger partial charge on any atom is 0.433 e. The first-order valence-corrected chi connectivity index (χ1v) is 12.0. The van der Waals surface area contributed by atoms with Crippen molar-refractivity contribution in [3.8, 4) is 10.6 Å². The molecule has 178 valence electrons. The predicted octanol–water partition coefficient (Wildman–Crippen LogP) is 6.87. The highest BCUT2D eigenvalue weighted by atomic mass is 32.1. The van der Waals surface area contributed by atoms with Crippen LogP contribution >= 0.6 is 11.3 Å². The Morgan fingerprint density at radius 2 is 1.79 bits per heavy atom. The molecule has 4 rings (SSSR count). The molecule has 0 aliphatic rings. The van der Waals surface area contributed by atoms with Gasteiger partial charge in [0.25, 0.3) is 5.91 Å². The van der Waals surface area contributed by atoms with Crippen LogP contribution in [0.1, 0.15) is 72.9 Å². The third-order valence-corrected chi connectivity index (χ3v) is 6.85. The molecule has 34 heavy (non-hydrogen) atoms. The van der Waals surface area contributed by atoms with E-state index >= 15 is 0 Å². The maximum absolute atomic E-state index is 13.8. The molecule has 9 heteroatoms. The van der Waals surface area contributed by atoms with E-state index in [-0.39, 0.29) is 23.1 Å². The van der Waals surface area contributed by atoms with Crippen molar-refractivity contribution < 1.29 is 18.0 Å². The minimum absolute atomic E-state index is 0.0330. The van der Waals surface area contributed by atoms with Crippen molar-refractivity contribution >= 4 is 22.9 Å². The summed E-state index contributed by atoms with van der Waals surface area (Å²) >= 11 is 1.29. The van der Waals surface area contributed by atoms with Crippen LogP contribution in [0.15, 0.2) is 53.9 Å². The molecule has 3 heterocycles. The van der Waals surface area contributed by atoms with Gasteiger partial charge in [-0.15, -0.1) is 11.3 Å². The van der Waals surface area contributed by atoms with Gasteiger partial charge in [0.05, 0.1) is 16.6 Å². The van der Waals surface area contributed by atoms with Crippen molar-refractivity contribution in [3.63, 3.8) is 0 Å². The molecule has 0 aliphatic heterocycles. The summed E-state index contributed by atoms with van der Waals surface area (Å²) in [5, 5.41) is 8.63. The molecule has 1 amide bonds. The molecule has 0 aliphatic carbocycles. The third-order valence-electron chi connectivity index (χ3n) is 5.96. The lowest BCUT2D eigenvalue weighted by atomic mass is 9.95. The van der Waals surface area contributed by atoms with E-state index in [1.165, 1.54) is 23.0 Å². The van der Waals surface area contributed by atoms with Crippen LogP contribution in [0.4, 0.5) is 13.2 Å². The van der Waals surface area contributed by atoms with E-state index in [2.05, 4.69) is 41.4 Å². The number of alkyl halides is 3. The van der Waals surface area contributed by atoms with Gasteiger partial charge in [-0.1, -0.05) is 51.1 Å². The first kappa shape index (κ1) is 23.9. The molecule has 1 aromatic carbocycles. The summed E-state index contributed by atoms with van der Waals surface area (Å²) in [6.07, 6.45) is -3.00. The number of amides is 1. The Balaban J connectivity index is 1.64. The van der Waals surface area contributed by atoms with Gasteiger partial charge in [0, 0.05) is 6.07 Å². The zero-order valence-corrected chi connectivity index (χ0v) is 19.9. The van der Waals surface area contributed by atoms with Gasteiger partial charge in [-0.25, -0.2) is 9.50 Å². The number of carbonyl (C=O) groups excluding carboxylic acids is 1. The molecular formula is C25H25F3N4OS. The van der Waals surface area contributed by atoms with Gasteiger partial charge in [0.1, 0.15) is 0 Å². The fraction of sp³-hybridized carbons (Fsp3) is 0.320. The van der Waals surface area contributed by atoms with Crippen LogP contribution in [0.3, 0.4) is 0 Å². The number of nitrogens with one attached hydrogen (secondary N) is 1. The summed E-state index contributed by atoms with van der Waals surface area (Å²) in [7, 11) is 0. The lowest BCUT2D eigenvalue weighted by molar-refractivity contribution is -0.142. The summed E-state index contributed by atoms with van der Waals surface area (Å²) in [6, 6.07) is 13.5. The Bertz CT molecular complexity index is 1280. The Morgan fingerprint density at radius 3 is 2.38 bits per heavy atom. The van der Waals surface area contributed by atoms with Crippen molar-refractivity contribution in [2.45, 2.75) is 51.7 Å². The van der Waals surface area contributed by atoms with Crippen molar-refractivity contribution in [1.29, 1.82) is 0 Å². The van der Waals surface area contributed by atoms with Gasteiger partial charge in [-0.05, 0) is 47.4 Å². The number of aromatic nitrogens is 3. The van der Waals surface area contributed by atoms with Crippen LogP contribution in [0.25, 0.3) is 16.2 Å². The van der Waals surface area contributed by atoms with Crippen molar-refractivity contribution in [3.05, 3.63) is 76.4 Å². The third kappa shape index (κ3) is 4.84. The van der Waals surface area contributed by atoms with Crippen molar-refractivity contribution in [1.82, 2.24) is 19.9 Å². The number of thiophene rings is 1. The molecule has 0 fully saturated rings. The molecule has 0 saturated carbocycles. The van der Waals surface area contributed by atoms with E-state index in [1.54, 1.807) is 17.5 Å². The van der Waals surface area contributed by atoms with Gasteiger partial charge < -0.3 is 5.32 Å². The number of hydrogen-bond acceptors (Lipinski definition) is 4. The second-order valence-electron chi connectivity index (χ2n) is 8.21. The van der Waals surface area contributed by atoms with Crippen LogP contribution < -0.4 is 5.32 Å². The van der Waals surface area contributed by atoms with Crippen LogP contribution in [-0.4, -0.2) is 20.5 Å². The Morgan fingerprint density at radius 1 is 1.09 bits per heavy atom. The molecule has 0 radical (unpaired) electrons. The summed E-state index contributed by atoms with van der Waals surface area (Å²) in [5.41, 5.74) is 1.22. The van der Waals surface area contributed by atoms with E-state index < -0.39 is 17.8 Å². The molecule has 3 aromatic heterocycles. The monoisotopic (exact) mass is 486 g/mol. The summed E-state index contributed by atoms with van der Waals surface area (Å²) < 4.78 is 42.0. The fourth-order valence-corrected chi connectivity index (χ4v) is 4.47. The second kappa shape index (κ2) is 9.58. The Kier molecular flexibility index (Phi) is 6.74. The smallest absolute Gasteiger partial charge is 0.344 e. The van der Waals surface area contributed by atoms with Gasteiger partial charge in [-0.3, -0.25) is 4.79 Å². The van der Waals surface area contributed by atoms with Crippen LogP contribution in [0.2, 0.25) is 0 Å². The zero-order valence-electron chi connectivity index (χ0n) is 19.1. The number of carbonyl (C=O) groups is 1. The highest BCUT2D eigenvalue weighted by molar-refractivity contribution is 7.13. The Labute approximate surface area is 199 Å². The standard InChI is InChI=1S/C25H25F3N4OS/c1-4-15(3)16-8-10-17(11-9-16)18(5-2)30-24(33)20-14-23-29-19(21-7-6-12-34-21)13-22(25(26,27)28)32(23)31-20/h6-15,18H,4-5H2,1-3H3,(H,30,33). The lowest BCUT2D eigenvalue weighted by Crippen LogP contribution is -2.28. The van der Waals surface area contributed by atoms with E-state index in [9.17, 15) is 18.0 Å². The van der Waals surface area contributed by atoms with E-state index in [1.807, 2.05) is 19.1 Å². The van der Waals surface area contributed by atoms with Crippen molar-refractivity contribution in [2.75, 3.05) is 0 Å².